The molecule has 0 aliphatic carbocycles. The number of likely N-dealkylation sites (N-methyl/N-ethyl adjacent to an activating group) is 1. The molecule has 0 bridgehead atoms. The minimum absolute atomic E-state index is 0. The summed E-state index contributed by atoms with van der Waals surface area (Å²) in [6.07, 6.45) is 2.17. The molecule has 138 valence electrons. The van der Waals surface area contributed by atoms with Gasteiger partial charge in [-0.1, -0.05) is 20.8 Å². The fraction of sp³-hybridized carbons (Fsp3) is 0.875. The molecule has 7 heteroatoms. The van der Waals surface area contributed by atoms with Gasteiger partial charge in [0, 0.05) is 33.8 Å². The highest BCUT2D eigenvalue weighted by atomic mass is 127. The Balaban J connectivity index is 0. The smallest absolute Gasteiger partial charge is 0.243 e. The summed E-state index contributed by atoms with van der Waals surface area (Å²) >= 11 is 0. The lowest BCUT2D eigenvalue weighted by Crippen LogP contribution is -2.40. The average molecular weight is 442 g/mol. The van der Waals surface area contributed by atoms with E-state index in [1.54, 1.807) is 19.0 Å². The Morgan fingerprint density at radius 3 is 2.26 bits per heavy atom. The van der Waals surface area contributed by atoms with Gasteiger partial charge in [0.2, 0.25) is 5.91 Å². The summed E-state index contributed by atoms with van der Waals surface area (Å²) in [5.41, 5.74) is 0. The van der Waals surface area contributed by atoms with Crippen molar-refractivity contribution in [1.29, 1.82) is 0 Å². The number of rotatable bonds is 10. The summed E-state index contributed by atoms with van der Waals surface area (Å²) in [4.78, 5) is 17.5. The van der Waals surface area contributed by atoms with Crippen molar-refractivity contribution in [3.05, 3.63) is 0 Å². The number of amides is 1. The van der Waals surface area contributed by atoms with Crippen molar-refractivity contribution in [1.82, 2.24) is 15.5 Å². The van der Waals surface area contributed by atoms with Crippen LogP contribution in [0.15, 0.2) is 4.99 Å². The van der Waals surface area contributed by atoms with Crippen molar-refractivity contribution in [2.75, 3.05) is 40.3 Å². The van der Waals surface area contributed by atoms with Crippen LogP contribution in [-0.4, -0.2) is 63.2 Å². The predicted molar refractivity (Wildman–Crippen MR) is 108 cm³/mol. The van der Waals surface area contributed by atoms with Gasteiger partial charge in [0.25, 0.3) is 0 Å². The lowest BCUT2D eigenvalue weighted by molar-refractivity contribution is -0.127. The topological polar surface area (TPSA) is 66.0 Å². The first-order valence-corrected chi connectivity index (χ1v) is 8.26. The van der Waals surface area contributed by atoms with E-state index < -0.39 is 0 Å². The second-order valence-electron chi connectivity index (χ2n) is 5.83. The third-order valence-electron chi connectivity index (χ3n) is 3.26. The zero-order chi connectivity index (χ0) is 17.0. The number of halogens is 1. The first-order valence-electron chi connectivity index (χ1n) is 8.26. The summed E-state index contributed by atoms with van der Waals surface area (Å²) < 4.78 is 5.73. The molecule has 0 saturated carbocycles. The molecule has 0 spiro atoms. The van der Waals surface area contributed by atoms with Crippen LogP contribution in [0.3, 0.4) is 0 Å². The summed E-state index contributed by atoms with van der Waals surface area (Å²) in [6.45, 7) is 10.9. The molecule has 1 unspecified atom stereocenters. The fourth-order valence-electron chi connectivity index (χ4n) is 1.86. The molecule has 0 aliphatic heterocycles. The minimum atomic E-state index is -0.00743. The van der Waals surface area contributed by atoms with E-state index in [1.165, 1.54) is 0 Å². The van der Waals surface area contributed by atoms with Crippen molar-refractivity contribution in [2.24, 2.45) is 10.9 Å². The maximum Gasteiger partial charge on any atom is 0.243 e. The lowest BCUT2D eigenvalue weighted by Gasteiger charge is -2.21. The fourth-order valence-corrected chi connectivity index (χ4v) is 1.86. The number of carbonyl (C=O) groups excluding carboxylic acids is 1. The largest absolute Gasteiger partial charge is 0.378 e. The van der Waals surface area contributed by atoms with Crippen LogP contribution in [0.5, 0.6) is 0 Å². The summed E-state index contributed by atoms with van der Waals surface area (Å²) in [6, 6.07) is 0. The van der Waals surface area contributed by atoms with E-state index >= 15 is 0 Å². The normalized spacial score (nSPS) is 12.6. The van der Waals surface area contributed by atoms with Crippen LogP contribution in [0.4, 0.5) is 0 Å². The highest BCUT2D eigenvalue weighted by Crippen LogP contribution is 2.09. The van der Waals surface area contributed by atoms with Gasteiger partial charge in [-0.25, -0.2) is 4.99 Å². The third-order valence-corrected chi connectivity index (χ3v) is 3.26. The number of nitrogens with one attached hydrogen (secondary N) is 2. The van der Waals surface area contributed by atoms with Crippen LogP contribution in [-0.2, 0) is 9.53 Å². The SMILES string of the molecule is CCCNC(=NCC(=O)N(C)C)NCCC(OCC)C(C)C.I. The summed E-state index contributed by atoms with van der Waals surface area (Å²) in [5, 5.41) is 6.51. The van der Waals surface area contributed by atoms with E-state index in [9.17, 15) is 4.79 Å². The predicted octanol–water partition coefficient (Wildman–Crippen LogP) is 2.09. The van der Waals surface area contributed by atoms with Crippen LogP contribution >= 0.6 is 24.0 Å². The molecule has 0 aromatic carbocycles. The van der Waals surface area contributed by atoms with Gasteiger partial charge in [-0.15, -0.1) is 24.0 Å². The quantitative estimate of drug-likeness (QED) is 0.309. The van der Waals surface area contributed by atoms with Gasteiger partial charge < -0.3 is 20.3 Å². The van der Waals surface area contributed by atoms with Crippen molar-refractivity contribution in [3.8, 4) is 0 Å². The lowest BCUT2D eigenvalue weighted by atomic mass is 10.0. The van der Waals surface area contributed by atoms with E-state index in [4.69, 9.17) is 4.74 Å². The molecule has 0 fully saturated rings. The first-order chi connectivity index (χ1) is 10.4. The maximum absolute atomic E-state index is 11.6. The molecule has 6 nitrogen and oxygen atoms in total. The Morgan fingerprint density at radius 2 is 1.78 bits per heavy atom. The van der Waals surface area contributed by atoms with Crippen molar-refractivity contribution >= 4 is 35.8 Å². The average Bonchev–Trinajstić information content (AvgIpc) is 2.47. The van der Waals surface area contributed by atoms with Gasteiger partial charge in [0.1, 0.15) is 6.54 Å². The highest BCUT2D eigenvalue weighted by Gasteiger charge is 2.13. The molecule has 0 heterocycles. The van der Waals surface area contributed by atoms with Gasteiger partial charge in [0.05, 0.1) is 6.10 Å². The molecule has 23 heavy (non-hydrogen) atoms. The molecular weight excluding hydrogens is 407 g/mol. The molecule has 1 atom stereocenters. The van der Waals surface area contributed by atoms with Crippen LogP contribution in [0.2, 0.25) is 0 Å². The minimum Gasteiger partial charge on any atom is -0.378 e. The summed E-state index contributed by atoms with van der Waals surface area (Å²) in [7, 11) is 3.47. The van der Waals surface area contributed by atoms with E-state index in [-0.39, 0.29) is 42.5 Å². The molecule has 0 aromatic rings. The molecule has 0 aliphatic rings. The second-order valence-corrected chi connectivity index (χ2v) is 5.83. The van der Waals surface area contributed by atoms with E-state index in [2.05, 4.69) is 36.4 Å². The number of carbonyl (C=O) groups is 1. The number of hydrogen-bond acceptors (Lipinski definition) is 3. The van der Waals surface area contributed by atoms with Crippen LogP contribution in [0, 0.1) is 5.92 Å². The number of aliphatic imine (C=N–C) groups is 1. The third kappa shape index (κ3) is 12.5. The van der Waals surface area contributed by atoms with Gasteiger partial charge in [-0.05, 0) is 25.7 Å². The van der Waals surface area contributed by atoms with Crippen molar-refractivity contribution in [3.63, 3.8) is 0 Å². The van der Waals surface area contributed by atoms with Crippen LogP contribution < -0.4 is 10.6 Å². The zero-order valence-corrected chi connectivity index (χ0v) is 17.8. The van der Waals surface area contributed by atoms with Crippen molar-refractivity contribution < 1.29 is 9.53 Å². The Bertz CT molecular complexity index is 336. The van der Waals surface area contributed by atoms with E-state index in [0.29, 0.717) is 11.9 Å². The number of hydrogen-bond donors (Lipinski definition) is 2. The van der Waals surface area contributed by atoms with Crippen LogP contribution in [0.1, 0.15) is 40.5 Å². The number of ether oxygens (including phenoxy) is 1. The van der Waals surface area contributed by atoms with E-state index in [1.807, 2.05) is 6.92 Å². The first kappa shape index (κ1) is 24.7. The molecule has 0 radical (unpaired) electrons. The van der Waals surface area contributed by atoms with Gasteiger partial charge in [-0.2, -0.15) is 0 Å². The van der Waals surface area contributed by atoms with Crippen LogP contribution in [0.25, 0.3) is 0 Å². The van der Waals surface area contributed by atoms with Gasteiger partial charge in [0.15, 0.2) is 5.96 Å². The maximum atomic E-state index is 11.6. The Kier molecular flexibility index (Phi) is 16.1. The molecule has 0 saturated heterocycles. The number of nitrogens with zero attached hydrogens (tertiary/aromatic N) is 2. The Morgan fingerprint density at radius 1 is 1.17 bits per heavy atom. The second kappa shape index (κ2) is 15.0. The van der Waals surface area contributed by atoms with Gasteiger partial charge in [-0.3, -0.25) is 4.79 Å². The Labute approximate surface area is 158 Å². The standard InChI is InChI=1S/C16H34N4O2.HI/c1-7-10-17-16(19-12-15(21)20(5)6)18-11-9-14(13(3)4)22-8-2;/h13-14H,7-12H2,1-6H3,(H2,17,18,19);1H. The van der Waals surface area contributed by atoms with E-state index in [0.717, 1.165) is 32.5 Å². The summed E-state index contributed by atoms with van der Waals surface area (Å²) in [5.74, 6) is 1.17. The zero-order valence-electron chi connectivity index (χ0n) is 15.5. The molecule has 0 aromatic heterocycles. The molecule has 2 N–H and O–H groups in total. The monoisotopic (exact) mass is 442 g/mol. The highest BCUT2D eigenvalue weighted by molar-refractivity contribution is 14.0. The van der Waals surface area contributed by atoms with Gasteiger partial charge >= 0.3 is 0 Å². The Hall–Kier alpha value is -0.570. The number of guanidine groups is 1. The molecule has 0 rings (SSSR count). The van der Waals surface area contributed by atoms with Crippen molar-refractivity contribution in [2.45, 2.75) is 46.6 Å². The molecular formula is C16H35IN4O2. The molecule has 1 amide bonds.